The summed E-state index contributed by atoms with van der Waals surface area (Å²) in [6.45, 7) is 0. The van der Waals surface area contributed by atoms with Gasteiger partial charge in [-0.1, -0.05) is 24.3 Å². The molecule has 0 saturated carbocycles. The van der Waals surface area contributed by atoms with Crippen molar-refractivity contribution in [3.05, 3.63) is 60.3 Å². The first-order valence-electron chi connectivity index (χ1n) is 7.28. The molecule has 4 nitrogen and oxygen atoms in total. The van der Waals surface area contributed by atoms with Gasteiger partial charge in [0.2, 0.25) is 0 Å². The molecule has 0 atom stereocenters. The second kappa shape index (κ2) is 6.79. The third-order valence-corrected chi connectivity index (χ3v) is 4.78. The third-order valence-electron chi connectivity index (χ3n) is 3.63. The molecule has 118 valence electrons. The van der Waals surface area contributed by atoms with Crippen LogP contribution in [0.3, 0.4) is 0 Å². The Morgan fingerprint density at radius 2 is 1.96 bits per heavy atom. The van der Waals surface area contributed by atoms with Crippen molar-refractivity contribution in [3.63, 3.8) is 0 Å². The highest BCUT2D eigenvalue weighted by molar-refractivity contribution is 7.99. The molecule has 1 heterocycles. The predicted octanol–water partition coefficient (Wildman–Crippen LogP) is 4.00. The predicted molar refractivity (Wildman–Crippen MR) is 94.1 cm³/mol. The maximum Gasteiger partial charge on any atom is 0.254 e. The highest BCUT2D eigenvalue weighted by Gasteiger charge is 2.14. The Balaban J connectivity index is 1.75. The molecule has 0 aliphatic carbocycles. The van der Waals surface area contributed by atoms with E-state index in [1.807, 2.05) is 61.8 Å². The van der Waals surface area contributed by atoms with Crippen LogP contribution in [0.5, 0.6) is 5.75 Å². The van der Waals surface area contributed by atoms with Crippen molar-refractivity contribution < 1.29 is 9.53 Å². The first-order chi connectivity index (χ1) is 11.2. The molecule has 1 amide bonds. The summed E-state index contributed by atoms with van der Waals surface area (Å²) in [6, 6.07) is 15.2. The number of thioether (sulfide) groups is 1. The van der Waals surface area contributed by atoms with Crippen LogP contribution in [0.25, 0.3) is 10.9 Å². The Bertz CT molecular complexity index is 814. The van der Waals surface area contributed by atoms with Crippen LogP contribution in [0.2, 0.25) is 0 Å². The van der Waals surface area contributed by atoms with Gasteiger partial charge in [0, 0.05) is 23.7 Å². The summed E-state index contributed by atoms with van der Waals surface area (Å²) in [4.78, 5) is 18.4. The number of ether oxygens (including phenoxy) is 1. The van der Waals surface area contributed by atoms with Crippen LogP contribution in [0.4, 0.5) is 0 Å². The normalized spacial score (nSPS) is 10.7. The molecule has 5 heteroatoms. The standard InChI is InChI=1S/C18H18N2O2S/c1-20(18(21)13-7-4-3-5-8-13)12-23-16-11-19-14-9-6-10-15(22-2)17(14)16/h3-11,19H,12H2,1-2H3. The van der Waals surface area contributed by atoms with Gasteiger partial charge < -0.3 is 14.6 Å². The van der Waals surface area contributed by atoms with Gasteiger partial charge in [0.05, 0.1) is 23.9 Å². The van der Waals surface area contributed by atoms with Crippen LogP contribution < -0.4 is 4.74 Å². The molecule has 1 N–H and O–H groups in total. The number of aromatic nitrogens is 1. The molecule has 0 saturated heterocycles. The molecule has 0 radical (unpaired) electrons. The van der Waals surface area contributed by atoms with E-state index in [0.29, 0.717) is 11.4 Å². The summed E-state index contributed by atoms with van der Waals surface area (Å²) in [6.07, 6.45) is 1.96. The lowest BCUT2D eigenvalue weighted by atomic mass is 10.2. The number of amides is 1. The highest BCUT2D eigenvalue weighted by Crippen LogP contribution is 2.34. The highest BCUT2D eigenvalue weighted by atomic mass is 32.2. The zero-order chi connectivity index (χ0) is 16.2. The molecule has 0 fully saturated rings. The minimum atomic E-state index is 0.0184. The molecule has 0 bridgehead atoms. The van der Waals surface area contributed by atoms with Crippen molar-refractivity contribution >= 4 is 28.6 Å². The van der Waals surface area contributed by atoms with Crippen molar-refractivity contribution in [1.82, 2.24) is 9.88 Å². The average molecular weight is 326 g/mol. The van der Waals surface area contributed by atoms with Gasteiger partial charge in [-0.15, -0.1) is 11.8 Å². The van der Waals surface area contributed by atoms with Gasteiger partial charge in [0.1, 0.15) is 5.75 Å². The fourth-order valence-corrected chi connectivity index (χ4v) is 3.38. The van der Waals surface area contributed by atoms with Crippen LogP contribution in [0, 0.1) is 0 Å². The summed E-state index contributed by atoms with van der Waals surface area (Å²) in [7, 11) is 3.48. The van der Waals surface area contributed by atoms with Crippen molar-refractivity contribution in [2.24, 2.45) is 0 Å². The SMILES string of the molecule is COc1cccc2[nH]cc(SCN(C)C(=O)c3ccccc3)c12. The monoisotopic (exact) mass is 326 g/mol. The molecular weight excluding hydrogens is 308 g/mol. The van der Waals surface area contributed by atoms with Crippen LogP contribution in [0.1, 0.15) is 10.4 Å². The van der Waals surface area contributed by atoms with Crippen LogP contribution in [-0.2, 0) is 0 Å². The van der Waals surface area contributed by atoms with E-state index in [1.54, 1.807) is 23.8 Å². The topological polar surface area (TPSA) is 45.3 Å². The summed E-state index contributed by atoms with van der Waals surface area (Å²) < 4.78 is 5.44. The van der Waals surface area contributed by atoms with E-state index in [2.05, 4.69) is 4.98 Å². The van der Waals surface area contributed by atoms with Gasteiger partial charge in [0.15, 0.2) is 0 Å². The maximum absolute atomic E-state index is 12.4. The number of carbonyl (C=O) groups excluding carboxylic acids is 1. The van der Waals surface area contributed by atoms with Gasteiger partial charge in [-0.25, -0.2) is 0 Å². The molecule has 0 spiro atoms. The molecule has 0 unspecified atom stereocenters. The van der Waals surface area contributed by atoms with E-state index in [-0.39, 0.29) is 5.91 Å². The number of nitrogens with zero attached hydrogens (tertiary/aromatic N) is 1. The number of hydrogen-bond acceptors (Lipinski definition) is 3. The van der Waals surface area contributed by atoms with Crippen molar-refractivity contribution in [2.45, 2.75) is 4.90 Å². The molecule has 0 aliphatic rings. The van der Waals surface area contributed by atoms with Gasteiger partial charge in [-0.2, -0.15) is 0 Å². The Morgan fingerprint density at radius 3 is 2.70 bits per heavy atom. The molecule has 0 aliphatic heterocycles. The zero-order valence-electron chi connectivity index (χ0n) is 13.1. The van der Waals surface area contributed by atoms with Crippen molar-refractivity contribution in [1.29, 1.82) is 0 Å². The lowest BCUT2D eigenvalue weighted by molar-refractivity contribution is 0.0820. The first-order valence-corrected chi connectivity index (χ1v) is 8.26. The number of benzene rings is 2. The number of hydrogen-bond donors (Lipinski definition) is 1. The van der Waals surface area contributed by atoms with E-state index in [9.17, 15) is 4.79 Å². The molecule has 3 rings (SSSR count). The third kappa shape index (κ3) is 3.19. The van der Waals surface area contributed by atoms with E-state index in [1.165, 1.54) is 0 Å². The summed E-state index contributed by atoms with van der Waals surface area (Å²) in [5.41, 5.74) is 1.73. The Hall–Kier alpha value is -2.40. The van der Waals surface area contributed by atoms with Gasteiger partial charge >= 0.3 is 0 Å². The van der Waals surface area contributed by atoms with Crippen LogP contribution in [0.15, 0.2) is 59.6 Å². The van der Waals surface area contributed by atoms with Gasteiger partial charge in [-0.05, 0) is 24.3 Å². The average Bonchev–Trinajstić information content (AvgIpc) is 3.03. The summed E-state index contributed by atoms with van der Waals surface area (Å²) in [5.74, 6) is 1.42. The van der Waals surface area contributed by atoms with Crippen molar-refractivity contribution in [2.75, 3.05) is 20.0 Å². The largest absolute Gasteiger partial charge is 0.496 e. The molecule has 23 heavy (non-hydrogen) atoms. The van der Waals surface area contributed by atoms with Crippen LogP contribution in [-0.4, -0.2) is 35.8 Å². The molecule has 2 aromatic carbocycles. The van der Waals surface area contributed by atoms with E-state index < -0.39 is 0 Å². The van der Waals surface area contributed by atoms with E-state index in [0.717, 1.165) is 21.5 Å². The number of rotatable bonds is 5. The number of aromatic amines is 1. The van der Waals surface area contributed by atoms with E-state index >= 15 is 0 Å². The fourth-order valence-electron chi connectivity index (χ4n) is 2.43. The number of carbonyl (C=O) groups is 1. The smallest absolute Gasteiger partial charge is 0.254 e. The quantitative estimate of drug-likeness (QED) is 0.569. The molecule has 1 aromatic heterocycles. The maximum atomic E-state index is 12.4. The first kappa shape index (κ1) is 15.5. The molecule has 3 aromatic rings. The minimum absolute atomic E-state index is 0.0184. The Labute approximate surface area is 139 Å². The number of H-pyrrole nitrogens is 1. The molecular formula is C18H18N2O2S. The fraction of sp³-hybridized carbons (Fsp3) is 0.167. The second-order valence-electron chi connectivity index (χ2n) is 5.18. The lowest BCUT2D eigenvalue weighted by Gasteiger charge is -2.16. The second-order valence-corrected chi connectivity index (χ2v) is 6.17. The number of methoxy groups -OCH3 is 1. The Kier molecular flexibility index (Phi) is 4.57. The lowest BCUT2D eigenvalue weighted by Crippen LogP contribution is -2.26. The van der Waals surface area contributed by atoms with Crippen molar-refractivity contribution in [3.8, 4) is 5.75 Å². The zero-order valence-corrected chi connectivity index (χ0v) is 13.9. The minimum Gasteiger partial charge on any atom is -0.496 e. The summed E-state index contributed by atoms with van der Waals surface area (Å²) >= 11 is 1.61. The summed E-state index contributed by atoms with van der Waals surface area (Å²) in [5, 5.41) is 1.06. The van der Waals surface area contributed by atoms with Crippen LogP contribution >= 0.6 is 11.8 Å². The number of nitrogens with one attached hydrogen (secondary N) is 1. The number of fused-ring (bicyclic) bond motifs is 1. The Morgan fingerprint density at radius 1 is 1.17 bits per heavy atom. The van der Waals surface area contributed by atoms with Gasteiger partial charge in [-0.3, -0.25) is 4.79 Å². The van der Waals surface area contributed by atoms with E-state index in [4.69, 9.17) is 4.74 Å². The van der Waals surface area contributed by atoms with Gasteiger partial charge in [0.25, 0.3) is 5.91 Å².